The topological polar surface area (TPSA) is 34.1 Å². The van der Waals surface area contributed by atoms with Crippen LogP contribution in [-0.4, -0.2) is 25.2 Å². The van der Waals surface area contributed by atoms with E-state index in [0.29, 0.717) is 6.04 Å². The van der Waals surface area contributed by atoms with Crippen molar-refractivity contribution in [2.24, 2.45) is 5.92 Å². The summed E-state index contributed by atoms with van der Waals surface area (Å²) in [7, 11) is 2.05. The Bertz CT molecular complexity index is 348. The Labute approximate surface area is 104 Å². The highest BCUT2D eigenvalue weighted by Crippen LogP contribution is 2.28. The zero-order valence-electron chi connectivity index (χ0n) is 10.8. The molecular formula is C14H22N2O. The standard InChI is InChI=1S/C14H22N2O/c1-11-10-16-6-3-13(11)14(15-2)9-12-4-7-17-8-5-12/h3,6,10,12,14-15H,4-5,7-9H2,1-2H3. The highest BCUT2D eigenvalue weighted by molar-refractivity contribution is 5.25. The fourth-order valence-corrected chi connectivity index (χ4v) is 2.59. The van der Waals surface area contributed by atoms with Gasteiger partial charge < -0.3 is 10.1 Å². The molecule has 0 aromatic carbocycles. The van der Waals surface area contributed by atoms with Gasteiger partial charge in [0.05, 0.1) is 0 Å². The van der Waals surface area contributed by atoms with Crippen molar-refractivity contribution in [3.8, 4) is 0 Å². The third-order valence-electron chi connectivity index (χ3n) is 3.70. The first-order chi connectivity index (χ1) is 8.31. The molecule has 0 spiro atoms. The summed E-state index contributed by atoms with van der Waals surface area (Å²) in [6.45, 7) is 3.99. The lowest BCUT2D eigenvalue weighted by atomic mass is 9.88. The second-order valence-electron chi connectivity index (χ2n) is 4.86. The van der Waals surface area contributed by atoms with Crippen LogP contribution in [0.3, 0.4) is 0 Å². The number of aryl methyl sites for hydroxylation is 1. The zero-order chi connectivity index (χ0) is 12.1. The molecule has 17 heavy (non-hydrogen) atoms. The number of ether oxygens (including phenoxy) is 1. The summed E-state index contributed by atoms with van der Waals surface area (Å²) in [6, 6.07) is 2.58. The predicted molar refractivity (Wildman–Crippen MR) is 68.9 cm³/mol. The molecular weight excluding hydrogens is 212 g/mol. The van der Waals surface area contributed by atoms with E-state index >= 15 is 0 Å². The van der Waals surface area contributed by atoms with E-state index in [1.54, 1.807) is 0 Å². The van der Waals surface area contributed by atoms with Crippen LogP contribution in [0.4, 0.5) is 0 Å². The number of hydrogen-bond donors (Lipinski definition) is 1. The summed E-state index contributed by atoms with van der Waals surface area (Å²) >= 11 is 0. The van der Waals surface area contributed by atoms with Gasteiger partial charge in [0.15, 0.2) is 0 Å². The molecule has 1 fully saturated rings. The van der Waals surface area contributed by atoms with Gasteiger partial charge >= 0.3 is 0 Å². The van der Waals surface area contributed by atoms with Crippen molar-refractivity contribution in [1.82, 2.24) is 10.3 Å². The van der Waals surface area contributed by atoms with E-state index < -0.39 is 0 Å². The quantitative estimate of drug-likeness (QED) is 0.869. The molecule has 0 radical (unpaired) electrons. The first kappa shape index (κ1) is 12.5. The fraction of sp³-hybridized carbons (Fsp3) is 0.643. The summed E-state index contributed by atoms with van der Waals surface area (Å²) in [4.78, 5) is 4.16. The minimum Gasteiger partial charge on any atom is -0.381 e. The molecule has 1 saturated heterocycles. The minimum atomic E-state index is 0.445. The molecule has 0 aliphatic carbocycles. The molecule has 1 atom stereocenters. The third-order valence-corrected chi connectivity index (χ3v) is 3.70. The summed E-state index contributed by atoms with van der Waals surface area (Å²) in [6.07, 6.45) is 7.43. The largest absolute Gasteiger partial charge is 0.381 e. The van der Waals surface area contributed by atoms with Gasteiger partial charge in [0.25, 0.3) is 0 Å². The molecule has 0 amide bonds. The lowest BCUT2D eigenvalue weighted by Gasteiger charge is -2.27. The third kappa shape index (κ3) is 3.27. The first-order valence-electron chi connectivity index (χ1n) is 6.46. The molecule has 3 heteroatoms. The van der Waals surface area contributed by atoms with Gasteiger partial charge in [-0.25, -0.2) is 0 Å². The van der Waals surface area contributed by atoms with Gasteiger partial charge in [-0.05, 0) is 56.3 Å². The Morgan fingerprint density at radius 3 is 2.88 bits per heavy atom. The summed E-state index contributed by atoms with van der Waals surface area (Å²) in [5.74, 6) is 0.786. The van der Waals surface area contributed by atoms with Crippen molar-refractivity contribution in [2.45, 2.75) is 32.2 Å². The van der Waals surface area contributed by atoms with Gasteiger partial charge in [-0.15, -0.1) is 0 Å². The lowest BCUT2D eigenvalue weighted by Crippen LogP contribution is -2.24. The van der Waals surface area contributed by atoms with E-state index in [1.807, 2.05) is 19.4 Å². The maximum absolute atomic E-state index is 5.41. The molecule has 1 aromatic heterocycles. The molecule has 1 unspecified atom stereocenters. The van der Waals surface area contributed by atoms with Gasteiger partial charge in [-0.2, -0.15) is 0 Å². The Morgan fingerprint density at radius 1 is 1.47 bits per heavy atom. The maximum atomic E-state index is 5.41. The van der Waals surface area contributed by atoms with Gasteiger partial charge in [0, 0.05) is 31.6 Å². The van der Waals surface area contributed by atoms with E-state index in [0.717, 1.165) is 19.1 Å². The van der Waals surface area contributed by atoms with Crippen LogP contribution in [0.25, 0.3) is 0 Å². The Morgan fingerprint density at radius 2 is 2.24 bits per heavy atom. The Hall–Kier alpha value is -0.930. The summed E-state index contributed by atoms with van der Waals surface area (Å²) < 4.78 is 5.41. The van der Waals surface area contributed by atoms with E-state index in [9.17, 15) is 0 Å². The lowest BCUT2D eigenvalue weighted by molar-refractivity contribution is 0.0608. The molecule has 0 saturated carbocycles. The number of aromatic nitrogens is 1. The molecule has 1 aromatic rings. The molecule has 2 rings (SSSR count). The first-order valence-corrected chi connectivity index (χ1v) is 6.46. The second-order valence-corrected chi connectivity index (χ2v) is 4.86. The molecule has 1 aliphatic heterocycles. The molecule has 94 valence electrons. The van der Waals surface area contributed by atoms with Crippen LogP contribution in [0.1, 0.15) is 36.4 Å². The number of rotatable bonds is 4. The fourth-order valence-electron chi connectivity index (χ4n) is 2.59. The second kappa shape index (κ2) is 6.12. The average molecular weight is 234 g/mol. The van der Waals surface area contributed by atoms with Crippen LogP contribution in [-0.2, 0) is 4.74 Å². The summed E-state index contributed by atoms with van der Waals surface area (Å²) in [5.41, 5.74) is 2.66. The zero-order valence-corrected chi connectivity index (χ0v) is 10.8. The number of nitrogens with zero attached hydrogens (tertiary/aromatic N) is 1. The van der Waals surface area contributed by atoms with Crippen LogP contribution >= 0.6 is 0 Å². The van der Waals surface area contributed by atoms with Crippen LogP contribution in [0.15, 0.2) is 18.5 Å². The SMILES string of the molecule is CNC(CC1CCOCC1)c1ccncc1C. The minimum absolute atomic E-state index is 0.445. The van der Waals surface area contributed by atoms with Crippen molar-refractivity contribution < 1.29 is 4.74 Å². The van der Waals surface area contributed by atoms with Crippen LogP contribution in [0.5, 0.6) is 0 Å². The average Bonchev–Trinajstić information content (AvgIpc) is 2.38. The highest BCUT2D eigenvalue weighted by atomic mass is 16.5. The predicted octanol–water partition coefficient (Wildman–Crippen LogP) is 2.47. The Balaban J connectivity index is 2.03. The van der Waals surface area contributed by atoms with E-state index in [-0.39, 0.29) is 0 Å². The van der Waals surface area contributed by atoms with Gasteiger partial charge in [0.1, 0.15) is 0 Å². The van der Waals surface area contributed by atoms with Gasteiger partial charge in [-0.1, -0.05) is 0 Å². The van der Waals surface area contributed by atoms with E-state index in [4.69, 9.17) is 4.74 Å². The van der Waals surface area contributed by atoms with Crippen LogP contribution < -0.4 is 5.32 Å². The molecule has 1 aliphatic rings. The Kier molecular flexibility index (Phi) is 4.51. The van der Waals surface area contributed by atoms with Gasteiger partial charge in [0.2, 0.25) is 0 Å². The van der Waals surface area contributed by atoms with Crippen molar-refractivity contribution in [3.63, 3.8) is 0 Å². The van der Waals surface area contributed by atoms with E-state index in [2.05, 4.69) is 23.3 Å². The maximum Gasteiger partial charge on any atom is 0.0468 e. The van der Waals surface area contributed by atoms with Crippen LogP contribution in [0.2, 0.25) is 0 Å². The summed E-state index contributed by atoms with van der Waals surface area (Å²) in [5, 5.41) is 3.44. The molecule has 3 nitrogen and oxygen atoms in total. The molecule has 2 heterocycles. The number of hydrogen-bond acceptors (Lipinski definition) is 3. The van der Waals surface area contributed by atoms with Gasteiger partial charge in [-0.3, -0.25) is 4.98 Å². The molecule has 1 N–H and O–H groups in total. The van der Waals surface area contributed by atoms with Crippen LogP contribution in [0, 0.1) is 12.8 Å². The highest BCUT2D eigenvalue weighted by Gasteiger charge is 2.20. The van der Waals surface area contributed by atoms with Crippen molar-refractivity contribution >= 4 is 0 Å². The van der Waals surface area contributed by atoms with Crippen molar-refractivity contribution in [1.29, 1.82) is 0 Å². The smallest absolute Gasteiger partial charge is 0.0468 e. The van der Waals surface area contributed by atoms with E-state index in [1.165, 1.54) is 30.4 Å². The molecule has 0 bridgehead atoms. The van der Waals surface area contributed by atoms with Crippen molar-refractivity contribution in [3.05, 3.63) is 29.6 Å². The van der Waals surface area contributed by atoms with Crippen molar-refractivity contribution in [2.75, 3.05) is 20.3 Å². The monoisotopic (exact) mass is 234 g/mol. The number of pyridine rings is 1. The normalized spacial score (nSPS) is 19.2. The number of nitrogens with one attached hydrogen (secondary N) is 1.